The quantitative estimate of drug-likeness (QED) is 0.761. The molecule has 2 aromatic carbocycles. The molecule has 0 bridgehead atoms. The highest BCUT2D eigenvalue weighted by Gasteiger charge is 2.03. The molecule has 2 rings (SSSR count). The smallest absolute Gasteiger partial charge is 0.159 e. The van der Waals surface area contributed by atoms with Crippen LogP contribution in [0.25, 0.3) is 0 Å². The highest BCUT2D eigenvalue weighted by molar-refractivity contribution is 5.94. The topological polar surface area (TPSA) is 20.3 Å². The van der Waals surface area contributed by atoms with Gasteiger partial charge in [0.15, 0.2) is 5.78 Å². The van der Waals surface area contributed by atoms with Gasteiger partial charge in [0, 0.05) is 24.8 Å². The van der Waals surface area contributed by atoms with Crippen molar-refractivity contribution in [2.24, 2.45) is 0 Å². The van der Waals surface area contributed by atoms with Gasteiger partial charge in [-0.2, -0.15) is 0 Å². The molecule has 92 valence electrons. The Kier molecular flexibility index (Phi) is 3.78. The van der Waals surface area contributed by atoms with Crippen LogP contribution in [-0.2, 0) is 6.54 Å². The zero-order chi connectivity index (χ0) is 13.0. The maximum absolute atomic E-state index is 11.2. The van der Waals surface area contributed by atoms with E-state index in [1.165, 1.54) is 11.3 Å². The van der Waals surface area contributed by atoms with Crippen LogP contribution in [0.4, 0.5) is 5.69 Å². The van der Waals surface area contributed by atoms with Crippen molar-refractivity contribution < 1.29 is 4.79 Å². The lowest BCUT2D eigenvalue weighted by Crippen LogP contribution is -2.16. The molecule has 0 saturated carbocycles. The average Bonchev–Trinajstić information content (AvgIpc) is 2.40. The number of para-hydroxylation sites is 1. The molecule has 2 nitrogen and oxygen atoms in total. The average molecular weight is 239 g/mol. The SMILES string of the molecule is CC(=O)c1ccc(CN(C)c2ccccc2)cc1. The van der Waals surface area contributed by atoms with Gasteiger partial charge in [0.1, 0.15) is 0 Å². The highest BCUT2D eigenvalue weighted by Crippen LogP contribution is 2.15. The second kappa shape index (κ2) is 5.50. The molecule has 0 unspecified atom stereocenters. The predicted molar refractivity (Wildman–Crippen MR) is 75.0 cm³/mol. The first kappa shape index (κ1) is 12.4. The molecule has 0 fully saturated rings. The number of rotatable bonds is 4. The van der Waals surface area contributed by atoms with Crippen molar-refractivity contribution in [3.8, 4) is 0 Å². The lowest BCUT2D eigenvalue weighted by molar-refractivity contribution is 0.101. The molecular weight excluding hydrogens is 222 g/mol. The molecule has 0 aliphatic rings. The van der Waals surface area contributed by atoms with Gasteiger partial charge in [0.25, 0.3) is 0 Å². The fraction of sp³-hybridized carbons (Fsp3) is 0.188. The van der Waals surface area contributed by atoms with Crippen LogP contribution in [0.1, 0.15) is 22.8 Å². The first-order valence-corrected chi connectivity index (χ1v) is 6.03. The number of nitrogens with zero attached hydrogens (tertiary/aromatic N) is 1. The third-order valence-electron chi connectivity index (χ3n) is 2.98. The molecule has 0 aromatic heterocycles. The van der Waals surface area contributed by atoms with Gasteiger partial charge >= 0.3 is 0 Å². The zero-order valence-corrected chi connectivity index (χ0v) is 10.8. The normalized spacial score (nSPS) is 10.1. The van der Waals surface area contributed by atoms with E-state index in [1.54, 1.807) is 6.92 Å². The van der Waals surface area contributed by atoms with E-state index >= 15 is 0 Å². The van der Waals surface area contributed by atoms with Gasteiger partial charge in [-0.3, -0.25) is 4.79 Å². The van der Waals surface area contributed by atoms with E-state index in [4.69, 9.17) is 0 Å². The lowest BCUT2D eigenvalue weighted by atomic mass is 10.1. The van der Waals surface area contributed by atoms with Crippen LogP contribution >= 0.6 is 0 Å². The Morgan fingerprint density at radius 2 is 1.61 bits per heavy atom. The summed E-state index contributed by atoms with van der Waals surface area (Å²) in [6.07, 6.45) is 0. The van der Waals surface area contributed by atoms with Crippen molar-refractivity contribution in [3.63, 3.8) is 0 Å². The van der Waals surface area contributed by atoms with Crippen molar-refractivity contribution >= 4 is 11.5 Å². The van der Waals surface area contributed by atoms with Crippen LogP contribution in [0.5, 0.6) is 0 Å². The fourth-order valence-electron chi connectivity index (χ4n) is 1.89. The van der Waals surface area contributed by atoms with Gasteiger partial charge in [-0.25, -0.2) is 0 Å². The Hall–Kier alpha value is -2.09. The van der Waals surface area contributed by atoms with E-state index in [9.17, 15) is 4.79 Å². The fourth-order valence-corrected chi connectivity index (χ4v) is 1.89. The van der Waals surface area contributed by atoms with Crippen LogP contribution in [0.15, 0.2) is 54.6 Å². The molecule has 2 heteroatoms. The standard InChI is InChI=1S/C16H17NO/c1-13(18)15-10-8-14(9-11-15)12-17(2)16-6-4-3-5-7-16/h3-11H,12H2,1-2H3. The zero-order valence-electron chi connectivity index (χ0n) is 10.8. The minimum Gasteiger partial charge on any atom is -0.370 e. The summed E-state index contributed by atoms with van der Waals surface area (Å²) in [5.74, 6) is 0.109. The van der Waals surface area contributed by atoms with E-state index < -0.39 is 0 Å². The predicted octanol–water partition coefficient (Wildman–Crippen LogP) is 3.53. The summed E-state index contributed by atoms with van der Waals surface area (Å²) in [4.78, 5) is 13.4. The number of carbonyl (C=O) groups is 1. The Bertz CT molecular complexity index is 517. The number of hydrogen-bond acceptors (Lipinski definition) is 2. The number of anilines is 1. The molecule has 0 N–H and O–H groups in total. The Morgan fingerprint density at radius 3 is 2.17 bits per heavy atom. The molecule has 0 aliphatic carbocycles. The van der Waals surface area contributed by atoms with Crippen molar-refractivity contribution in [1.82, 2.24) is 0 Å². The Morgan fingerprint density at radius 1 is 1.00 bits per heavy atom. The van der Waals surface area contributed by atoms with Gasteiger partial charge in [0.05, 0.1) is 0 Å². The number of hydrogen-bond donors (Lipinski definition) is 0. The van der Waals surface area contributed by atoms with E-state index in [0.717, 1.165) is 12.1 Å². The van der Waals surface area contributed by atoms with Crippen molar-refractivity contribution in [2.45, 2.75) is 13.5 Å². The van der Waals surface area contributed by atoms with Crippen molar-refractivity contribution in [1.29, 1.82) is 0 Å². The molecule has 2 aromatic rings. The first-order valence-electron chi connectivity index (χ1n) is 6.03. The summed E-state index contributed by atoms with van der Waals surface area (Å²) in [5.41, 5.74) is 3.15. The van der Waals surface area contributed by atoms with Gasteiger partial charge in [0.2, 0.25) is 0 Å². The molecule has 0 aliphatic heterocycles. The van der Waals surface area contributed by atoms with E-state index in [1.807, 2.05) is 42.5 Å². The van der Waals surface area contributed by atoms with Gasteiger partial charge < -0.3 is 4.90 Å². The lowest BCUT2D eigenvalue weighted by Gasteiger charge is -2.19. The summed E-state index contributed by atoms with van der Waals surface area (Å²) in [5, 5.41) is 0. The van der Waals surface area contributed by atoms with Crippen LogP contribution in [0.3, 0.4) is 0 Å². The molecule has 0 saturated heterocycles. The minimum atomic E-state index is 0.109. The molecule has 0 radical (unpaired) electrons. The second-order valence-corrected chi connectivity index (χ2v) is 4.44. The maximum Gasteiger partial charge on any atom is 0.159 e. The third-order valence-corrected chi connectivity index (χ3v) is 2.98. The largest absolute Gasteiger partial charge is 0.370 e. The molecule has 0 spiro atoms. The van der Waals surface area contributed by atoms with Crippen LogP contribution in [0, 0.1) is 0 Å². The van der Waals surface area contributed by atoms with Gasteiger partial charge in [-0.1, -0.05) is 42.5 Å². The number of Topliss-reactive ketones (excluding diaryl/α,β-unsaturated/α-hetero) is 1. The number of ketones is 1. The number of benzene rings is 2. The van der Waals surface area contributed by atoms with E-state index in [-0.39, 0.29) is 5.78 Å². The van der Waals surface area contributed by atoms with Gasteiger partial charge in [-0.05, 0) is 24.6 Å². The highest BCUT2D eigenvalue weighted by atomic mass is 16.1. The van der Waals surface area contributed by atoms with Gasteiger partial charge in [-0.15, -0.1) is 0 Å². The Balaban J connectivity index is 2.08. The Labute approximate surface area is 108 Å². The summed E-state index contributed by atoms with van der Waals surface area (Å²) in [6.45, 7) is 2.42. The molecule has 18 heavy (non-hydrogen) atoms. The first-order chi connectivity index (χ1) is 8.66. The molecular formula is C16H17NO. The third kappa shape index (κ3) is 2.98. The van der Waals surface area contributed by atoms with Crippen LogP contribution in [0.2, 0.25) is 0 Å². The summed E-state index contributed by atoms with van der Waals surface area (Å²) >= 11 is 0. The van der Waals surface area contributed by atoms with Crippen molar-refractivity contribution in [3.05, 3.63) is 65.7 Å². The summed E-state index contributed by atoms with van der Waals surface area (Å²) in [6, 6.07) is 18.0. The summed E-state index contributed by atoms with van der Waals surface area (Å²) in [7, 11) is 2.06. The minimum absolute atomic E-state index is 0.109. The number of carbonyl (C=O) groups excluding carboxylic acids is 1. The molecule has 0 amide bonds. The molecule has 0 heterocycles. The van der Waals surface area contributed by atoms with E-state index in [2.05, 4.69) is 24.1 Å². The molecule has 0 atom stereocenters. The van der Waals surface area contributed by atoms with Crippen LogP contribution < -0.4 is 4.90 Å². The summed E-state index contributed by atoms with van der Waals surface area (Å²) < 4.78 is 0. The monoisotopic (exact) mass is 239 g/mol. The van der Waals surface area contributed by atoms with Crippen molar-refractivity contribution in [2.75, 3.05) is 11.9 Å². The second-order valence-electron chi connectivity index (χ2n) is 4.44. The van der Waals surface area contributed by atoms with E-state index in [0.29, 0.717) is 0 Å². The maximum atomic E-state index is 11.2. The van der Waals surface area contributed by atoms with Crippen LogP contribution in [-0.4, -0.2) is 12.8 Å².